The van der Waals surface area contributed by atoms with Crippen molar-refractivity contribution in [1.29, 1.82) is 0 Å². The van der Waals surface area contributed by atoms with Gasteiger partial charge < -0.3 is 28.9 Å². The summed E-state index contributed by atoms with van der Waals surface area (Å²) in [5.41, 5.74) is 3.84. The van der Waals surface area contributed by atoms with Gasteiger partial charge in [0.2, 0.25) is 0 Å². The molecule has 1 aliphatic carbocycles. The third-order valence-electron chi connectivity index (χ3n) is 9.38. The van der Waals surface area contributed by atoms with Gasteiger partial charge in [-0.3, -0.25) is 5.10 Å². The lowest BCUT2D eigenvalue weighted by Crippen LogP contribution is -2.54. The SMILES string of the molecule is Cc1ccc2[nH]ncc2c1-c1c(Cl)cc2c(N3CCN(C(=O)OC(C)(C)C)C[C@H]3C)nc(OC[C@@H]3CCCN3C)nc2c1OC1CC1. The fraction of sp³-hybridized carbons (Fsp3) is 0.543. The summed E-state index contributed by atoms with van der Waals surface area (Å²) in [5.74, 6) is 1.35. The molecular formula is C35H44ClN7O4. The molecule has 3 fully saturated rings. The largest absolute Gasteiger partial charge is 0.487 e. The fourth-order valence-electron chi connectivity index (χ4n) is 6.74. The van der Waals surface area contributed by atoms with Crippen molar-refractivity contribution in [3.8, 4) is 22.9 Å². The second kappa shape index (κ2) is 12.3. The lowest BCUT2D eigenvalue weighted by Gasteiger charge is -2.41. The Morgan fingerprint density at radius 2 is 1.89 bits per heavy atom. The molecule has 250 valence electrons. The highest BCUT2D eigenvalue weighted by Gasteiger charge is 2.34. The molecule has 2 aromatic carbocycles. The van der Waals surface area contributed by atoms with Crippen LogP contribution in [-0.2, 0) is 4.74 Å². The minimum atomic E-state index is -0.564. The third-order valence-corrected chi connectivity index (χ3v) is 9.67. The topological polar surface area (TPSA) is 109 Å². The number of hydrogen-bond donors (Lipinski definition) is 1. The molecular weight excluding hydrogens is 618 g/mol. The molecule has 11 nitrogen and oxygen atoms in total. The van der Waals surface area contributed by atoms with Gasteiger partial charge in [0.15, 0.2) is 5.75 Å². The number of benzene rings is 2. The molecule has 1 saturated carbocycles. The highest BCUT2D eigenvalue weighted by atomic mass is 35.5. The zero-order chi connectivity index (χ0) is 33.0. The Balaban J connectivity index is 1.36. The fourth-order valence-corrected chi connectivity index (χ4v) is 7.03. The van der Waals surface area contributed by atoms with Crippen LogP contribution in [0.4, 0.5) is 10.6 Å². The number of anilines is 1. The van der Waals surface area contributed by atoms with Crippen LogP contribution in [0.5, 0.6) is 11.8 Å². The van der Waals surface area contributed by atoms with Gasteiger partial charge in [-0.25, -0.2) is 4.79 Å². The number of aryl methyl sites for hydroxylation is 1. The van der Waals surface area contributed by atoms with Gasteiger partial charge in [-0.15, -0.1) is 0 Å². The lowest BCUT2D eigenvalue weighted by molar-refractivity contribution is 0.0218. The number of hydrogen-bond acceptors (Lipinski definition) is 9. The van der Waals surface area contributed by atoms with Crippen LogP contribution >= 0.6 is 11.6 Å². The van der Waals surface area contributed by atoms with Gasteiger partial charge in [0, 0.05) is 53.6 Å². The van der Waals surface area contributed by atoms with E-state index in [4.69, 9.17) is 35.8 Å². The molecule has 1 amide bonds. The van der Waals surface area contributed by atoms with Crippen LogP contribution in [0, 0.1) is 6.92 Å². The summed E-state index contributed by atoms with van der Waals surface area (Å²) in [6.45, 7) is 12.9. The highest BCUT2D eigenvalue weighted by Crippen LogP contribution is 2.49. The average molecular weight is 662 g/mol. The number of halogens is 1. The summed E-state index contributed by atoms with van der Waals surface area (Å²) in [6, 6.07) is 6.61. The number of nitrogens with one attached hydrogen (secondary N) is 1. The Morgan fingerprint density at radius 1 is 1.09 bits per heavy atom. The van der Waals surface area contributed by atoms with Crippen LogP contribution in [0.3, 0.4) is 0 Å². The third kappa shape index (κ3) is 6.39. The van der Waals surface area contributed by atoms with Crippen molar-refractivity contribution in [3.05, 3.63) is 35.0 Å². The van der Waals surface area contributed by atoms with Crippen LogP contribution in [0.2, 0.25) is 5.02 Å². The number of likely N-dealkylation sites (tertiary alicyclic amines) is 1. The summed E-state index contributed by atoms with van der Waals surface area (Å²) in [5, 5.41) is 9.73. The second-order valence-corrected chi connectivity index (χ2v) is 14.7. The lowest BCUT2D eigenvalue weighted by atomic mass is 9.94. The number of aromatic nitrogens is 4. The van der Waals surface area contributed by atoms with Crippen molar-refractivity contribution in [3.63, 3.8) is 0 Å². The van der Waals surface area contributed by atoms with E-state index in [1.54, 1.807) is 4.90 Å². The number of nitrogens with zero attached hydrogens (tertiary/aromatic N) is 6. The summed E-state index contributed by atoms with van der Waals surface area (Å²) in [7, 11) is 2.13. The Morgan fingerprint density at radius 3 is 2.60 bits per heavy atom. The number of amides is 1. The summed E-state index contributed by atoms with van der Waals surface area (Å²) in [4.78, 5) is 29.4. The van der Waals surface area contributed by atoms with Crippen LogP contribution in [0.25, 0.3) is 32.9 Å². The van der Waals surface area contributed by atoms with E-state index in [1.807, 2.05) is 39.1 Å². The number of H-pyrrole nitrogens is 1. The number of ether oxygens (including phenoxy) is 3. The Kier molecular flexibility index (Phi) is 8.32. The average Bonchev–Trinajstić information content (AvgIpc) is 3.53. The van der Waals surface area contributed by atoms with Gasteiger partial charge in [-0.1, -0.05) is 17.7 Å². The van der Waals surface area contributed by atoms with Crippen molar-refractivity contribution in [2.24, 2.45) is 0 Å². The van der Waals surface area contributed by atoms with Gasteiger partial charge in [0.25, 0.3) is 0 Å². The molecule has 0 spiro atoms. The molecule has 4 heterocycles. The highest BCUT2D eigenvalue weighted by molar-refractivity contribution is 6.35. The number of carbonyl (C=O) groups excluding carboxylic acids is 1. The summed E-state index contributed by atoms with van der Waals surface area (Å²) >= 11 is 7.27. The molecule has 47 heavy (non-hydrogen) atoms. The number of fused-ring (bicyclic) bond motifs is 2. The molecule has 0 bridgehead atoms. The summed E-state index contributed by atoms with van der Waals surface area (Å²) in [6.07, 6.45) is 5.78. The molecule has 2 saturated heterocycles. The van der Waals surface area contributed by atoms with Crippen molar-refractivity contribution < 1.29 is 19.0 Å². The number of piperazine rings is 1. The zero-order valence-electron chi connectivity index (χ0n) is 28.1. The van der Waals surface area contributed by atoms with Gasteiger partial charge in [-0.2, -0.15) is 15.1 Å². The smallest absolute Gasteiger partial charge is 0.410 e. The number of aromatic amines is 1. The van der Waals surface area contributed by atoms with E-state index in [2.05, 4.69) is 47.0 Å². The van der Waals surface area contributed by atoms with Crippen molar-refractivity contribution in [1.82, 2.24) is 30.0 Å². The quantitative estimate of drug-likeness (QED) is 0.234. The molecule has 0 unspecified atom stereocenters. The van der Waals surface area contributed by atoms with E-state index >= 15 is 0 Å². The van der Waals surface area contributed by atoms with E-state index < -0.39 is 5.60 Å². The van der Waals surface area contributed by atoms with Crippen molar-refractivity contribution in [2.75, 3.05) is 44.7 Å². The minimum absolute atomic E-state index is 0.0589. The minimum Gasteiger partial charge on any atom is -0.487 e. The van der Waals surface area contributed by atoms with Gasteiger partial charge >= 0.3 is 12.1 Å². The molecule has 7 rings (SSSR count). The molecule has 12 heteroatoms. The monoisotopic (exact) mass is 661 g/mol. The normalized spacial score (nSPS) is 20.7. The Labute approximate surface area is 280 Å². The molecule has 3 aliphatic rings. The maximum absolute atomic E-state index is 13.0. The maximum atomic E-state index is 13.0. The van der Waals surface area contributed by atoms with E-state index in [9.17, 15) is 4.79 Å². The Hall–Kier alpha value is -3.83. The summed E-state index contributed by atoms with van der Waals surface area (Å²) < 4.78 is 18.8. The molecule has 2 aliphatic heterocycles. The van der Waals surface area contributed by atoms with Gasteiger partial charge in [0.1, 0.15) is 23.5 Å². The van der Waals surface area contributed by atoms with E-state index in [-0.39, 0.29) is 18.2 Å². The maximum Gasteiger partial charge on any atom is 0.410 e. The molecule has 4 aromatic rings. The first-order chi connectivity index (χ1) is 22.5. The van der Waals surface area contributed by atoms with Gasteiger partial charge in [0.05, 0.1) is 22.8 Å². The van der Waals surface area contributed by atoms with E-state index in [0.717, 1.165) is 65.2 Å². The molecule has 1 N–H and O–H groups in total. The predicted octanol–water partition coefficient (Wildman–Crippen LogP) is 6.59. The van der Waals surface area contributed by atoms with Crippen LogP contribution in [-0.4, -0.2) is 99.7 Å². The van der Waals surface area contributed by atoms with Crippen LogP contribution in [0.1, 0.15) is 58.9 Å². The van der Waals surface area contributed by atoms with Gasteiger partial charge in [-0.05, 0) is 91.6 Å². The van der Waals surface area contributed by atoms with E-state index in [0.29, 0.717) is 60.4 Å². The second-order valence-electron chi connectivity index (χ2n) is 14.3. The first kappa shape index (κ1) is 31.8. The van der Waals surface area contributed by atoms with Crippen molar-refractivity contribution in [2.45, 2.75) is 84.1 Å². The molecule has 2 atom stereocenters. The number of likely N-dealkylation sites (N-methyl/N-ethyl adjacent to an activating group) is 1. The van der Waals surface area contributed by atoms with Crippen molar-refractivity contribution >= 4 is 45.3 Å². The first-order valence-electron chi connectivity index (χ1n) is 16.7. The predicted molar refractivity (Wildman–Crippen MR) is 184 cm³/mol. The standard InChI is InChI=1S/C35H44ClN7O4/c1-20-9-12-27-25(17-37-40-27)28(20)29-26(36)16-24-30(31(29)46-23-10-11-23)38-33(45-19-22-8-7-13-41(22)6)39-32(24)43-15-14-42(18-21(43)2)34(44)47-35(3,4)5/h9,12,16-17,21-23H,7-8,10-11,13-15,18-19H2,1-6H3,(H,37,40)/t21-,22+/m1/s1. The van der Waals surface area contributed by atoms with E-state index in [1.165, 1.54) is 0 Å². The Bertz CT molecular complexity index is 1820. The van der Waals surface area contributed by atoms with Crippen LogP contribution in [0.15, 0.2) is 24.4 Å². The number of carbonyl (C=O) groups is 1. The molecule has 2 aromatic heterocycles. The van der Waals surface area contributed by atoms with Crippen LogP contribution < -0.4 is 14.4 Å². The number of rotatable bonds is 7. The molecule has 0 radical (unpaired) electrons. The first-order valence-corrected chi connectivity index (χ1v) is 17.1. The zero-order valence-corrected chi connectivity index (χ0v) is 28.9.